The summed E-state index contributed by atoms with van der Waals surface area (Å²) in [5.41, 5.74) is 0.174. The lowest BCUT2D eigenvalue weighted by Gasteiger charge is -2.28. The van der Waals surface area contributed by atoms with E-state index in [1.165, 1.54) is 30.0 Å². The van der Waals surface area contributed by atoms with E-state index in [1.807, 2.05) is 0 Å². The number of rotatable bonds is 7. The summed E-state index contributed by atoms with van der Waals surface area (Å²) in [4.78, 5) is 49.6. The normalized spacial score (nSPS) is 18.8. The summed E-state index contributed by atoms with van der Waals surface area (Å²) >= 11 is 0.883. The fraction of sp³-hybridized carbons (Fsp3) is 0.474. The van der Waals surface area contributed by atoms with E-state index in [2.05, 4.69) is 0 Å². The predicted octanol–water partition coefficient (Wildman–Crippen LogP) is 2.76. The third-order valence-electron chi connectivity index (χ3n) is 4.62. The molecule has 0 unspecified atom stereocenters. The van der Waals surface area contributed by atoms with Crippen LogP contribution in [0.15, 0.2) is 24.3 Å². The quantitative estimate of drug-likeness (QED) is 0.714. The summed E-state index contributed by atoms with van der Waals surface area (Å²) in [6.07, 6.45) is 0.870. The van der Waals surface area contributed by atoms with Crippen LogP contribution in [-0.4, -0.2) is 50.6 Å². The van der Waals surface area contributed by atoms with Gasteiger partial charge in [-0.05, 0) is 25.0 Å². The molecule has 3 atom stereocenters. The van der Waals surface area contributed by atoms with Gasteiger partial charge in [0.1, 0.15) is 11.9 Å². The Bertz CT molecular complexity index is 753. The Labute approximate surface area is 161 Å². The zero-order valence-electron chi connectivity index (χ0n) is 15.2. The first kappa shape index (κ1) is 21.1. The second-order valence-electron chi connectivity index (χ2n) is 6.60. The Morgan fingerprint density at radius 1 is 1.33 bits per heavy atom. The molecule has 1 aliphatic heterocycles. The number of hydrogen-bond acceptors (Lipinski definition) is 5. The van der Waals surface area contributed by atoms with Crippen LogP contribution >= 0.6 is 11.8 Å². The molecular formula is C19H22FNO5S. The molecule has 1 N–H and O–H groups in total. The monoisotopic (exact) mass is 395 g/mol. The Kier molecular flexibility index (Phi) is 7.12. The number of carboxylic acid groups (broad SMARTS) is 1. The summed E-state index contributed by atoms with van der Waals surface area (Å²) < 4.78 is 13.4. The first-order valence-electron chi connectivity index (χ1n) is 8.70. The highest BCUT2D eigenvalue weighted by molar-refractivity contribution is 8.14. The van der Waals surface area contributed by atoms with E-state index in [9.17, 15) is 28.7 Å². The lowest BCUT2D eigenvalue weighted by Crippen LogP contribution is -2.45. The van der Waals surface area contributed by atoms with Crippen LogP contribution in [0.5, 0.6) is 0 Å². The van der Waals surface area contributed by atoms with E-state index < -0.39 is 29.0 Å². The van der Waals surface area contributed by atoms with Crippen LogP contribution in [0, 0.1) is 11.7 Å². The molecule has 1 fully saturated rings. The number of carboxylic acids is 1. The van der Waals surface area contributed by atoms with Crippen molar-refractivity contribution in [3.63, 3.8) is 0 Å². The molecule has 1 aliphatic rings. The van der Waals surface area contributed by atoms with E-state index >= 15 is 0 Å². The number of amides is 1. The number of Topliss-reactive ketones (excluding diaryl/α,β-unsaturated/α-hetero) is 1. The average molecular weight is 395 g/mol. The fourth-order valence-electron chi connectivity index (χ4n) is 3.20. The zero-order valence-corrected chi connectivity index (χ0v) is 16.0. The third-order valence-corrected chi connectivity index (χ3v) is 5.83. The van der Waals surface area contributed by atoms with Crippen LogP contribution in [-0.2, 0) is 14.4 Å². The second-order valence-corrected chi connectivity index (χ2v) is 8.02. The molecule has 1 saturated heterocycles. The smallest absolute Gasteiger partial charge is 0.326 e. The van der Waals surface area contributed by atoms with E-state index in [1.54, 1.807) is 6.92 Å². The number of thioether (sulfide) groups is 1. The summed E-state index contributed by atoms with van der Waals surface area (Å²) in [5.74, 6) is -3.08. The number of halogens is 1. The van der Waals surface area contributed by atoms with Gasteiger partial charge in [-0.1, -0.05) is 30.8 Å². The highest BCUT2D eigenvalue weighted by Crippen LogP contribution is 2.29. The maximum Gasteiger partial charge on any atom is 0.326 e. The van der Waals surface area contributed by atoms with Crippen molar-refractivity contribution in [1.29, 1.82) is 0 Å². The van der Waals surface area contributed by atoms with Crippen LogP contribution in [0.1, 0.15) is 43.5 Å². The summed E-state index contributed by atoms with van der Waals surface area (Å²) in [6, 6.07) is 4.37. The van der Waals surface area contributed by atoms with Crippen molar-refractivity contribution >= 4 is 34.5 Å². The number of aliphatic carboxylic acids is 1. The van der Waals surface area contributed by atoms with Crippen molar-refractivity contribution < 1.29 is 28.7 Å². The third kappa shape index (κ3) is 5.38. The molecule has 0 aliphatic carbocycles. The largest absolute Gasteiger partial charge is 0.480 e. The molecule has 146 valence electrons. The molecule has 2 rings (SSSR count). The summed E-state index contributed by atoms with van der Waals surface area (Å²) in [7, 11) is 0. The Hall–Kier alpha value is -2.22. The maximum atomic E-state index is 13.4. The van der Waals surface area contributed by atoms with Crippen molar-refractivity contribution in [1.82, 2.24) is 4.90 Å². The van der Waals surface area contributed by atoms with Gasteiger partial charge >= 0.3 is 5.97 Å². The first-order chi connectivity index (χ1) is 12.7. The number of nitrogens with zero attached hydrogens (tertiary/aromatic N) is 1. The molecule has 1 heterocycles. The van der Waals surface area contributed by atoms with Crippen LogP contribution in [0.3, 0.4) is 0 Å². The molecule has 0 radical (unpaired) electrons. The Balaban J connectivity index is 2.16. The fourth-order valence-corrected chi connectivity index (χ4v) is 4.19. The van der Waals surface area contributed by atoms with E-state index in [0.29, 0.717) is 19.4 Å². The van der Waals surface area contributed by atoms with Gasteiger partial charge in [0.15, 0.2) is 10.9 Å². The minimum Gasteiger partial charge on any atom is -0.480 e. The summed E-state index contributed by atoms with van der Waals surface area (Å²) in [5, 5.41) is 8.38. The lowest BCUT2D eigenvalue weighted by atomic mass is 9.97. The van der Waals surface area contributed by atoms with Crippen molar-refractivity contribution in [2.24, 2.45) is 5.92 Å². The first-order valence-corrected chi connectivity index (χ1v) is 9.58. The molecule has 0 spiro atoms. The second kappa shape index (κ2) is 9.12. The average Bonchev–Trinajstić information content (AvgIpc) is 3.09. The van der Waals surface area contributed by atoms with Gasteiger partial charge in [0, 0.05) is 36.6 Å². The molecule has 1 aromatic carbocycles. The zero-order chi connectivity index (χ0) is 20.1. The van der Waals surface area contributed by atoms with E-state index in [0.717, 1.165) is 17.8 Å². The molecule has 27 heavy (non-hydrogen) atoms. The molecular weight excluding hydrogens is 373 g/mol. The van der Waals surface area contributed by atoms with Crippen molar-refractivity contribution in [3.05, 3.63) is 35.6 Å². The number of likely N-dealkylation sites (tertiary alicyclic amines) is 1. The minimum atomic E-state index is -1.06. The molecule has 0 saturated carbocycles. The van der Waals surface area contributed by atoms with Gasteiger partial charge in [-0.3, -0.25) is 14.4 Å². The van der Waals surface area contributed by atoms with Gasteiger partial charge in [-0.25, -0.2) is 9.18 Å². The van der Waals surface area contributed by atoms with Gasteiger partial charge in [0.25, 0.3) is 0 Å². The number of carbonyl (C=O) groups excluding carboxylic acids is 3. The predicted molar refractivity (Wildman–Crippen MR) is 98.9 cm³/mol. The maximum absolute atomic E-state index is 13.4. The number of carbonyl (C=O) groups is 4. The van der Waals surface area contributed by atoms with Crippen molar-refractivity contribution in [3.8, 4) is 0 Å². The standard InChI is InChI=1S/C19H22FNO5S/c1-11(18(24)21-8-4-7-15(21)19(25)26)17(27-12(2)22)10-16(23)13-5-3-6-14(20)9-13/h3,5-6,9,11,15,17H,4,7-8,10H2,1-2H3,(H,25,26)/t11-,15-,17-/m0/s1. The summed E-state index contributed by atoms with van der Waals surface area (Å²) in [6.45, 7) is 3.28. The molecule has 0 bridgehead atoms. The van der Waals surface area contributed by atoms with Crippen LogP contribution in [0.25, 0.3) is 0 Å². The minimum absolute atomic E-state index is 0.119. The van der Waals surface area contributed by atoms with Gasteiger partial charge in [0.2, 0.25) is 5.91 Å². The Morgan fingerprint density at radius 3 is 2.63 bits per heavy atom. The number of ketones is 1. The SMILES string of the molecule is CC(=O)S[C@@H](CC(=O)c1cccc(F)c1)[C@H](C)C(=O)N1CCC[C@H]1C(=O)O. The van der Waals surface area contributed by atoms with Crippen LogP contribution < -0.4 is 0 Å². The molecule has 6 nitrogen and oxygen atoms in total. The topological polar surface area (TPSA) is 91.8 Å². The van der Waals surface area contributed by atoms with Gasteiger partial charge in [-0.15, -0.1) is 0 Å². The van der Waals surface area contributed by atoms with Crippen LogP contribution in [0.4, 0.5) is 4.39 Å². The van der Waals surface area contributed by atoms with Gasteiger partial charge in [-0.2, -0.15) is 0 Å². The highest BCUT2D eigenvalue weighted by atomic mass is 32.2. The molecule has 1 aromatic rings. The Morgan fingerprint density at radius 2 is 2.04 bits per heavy atom. The van der Waals surface area contributed by atoms with E-state index in [4.69, 9.17) is 0 Å². The van der Waals surface area contributed by atoms with Crippen LogP contribution in [0.2, 0.25) is 0 Å². The highest BCUT2D eigenvalue weighted by Gasteiger charge is 2.39. The number of benzene rings is 1. The molecule has 1 amide bonds. The van der Waals surface area contributed by atoms with E-state index in [-0.39, 0.29) is 28.8 Å². The number of hydrogen-bond donors (Lipinski definition) is 1. The molecule has 0 aromatic heterocycles. The van der Waals surface area contributed by atoms with Crippen molar-refractivity contribution in [2.45, 2.75) is 44.4 Å². The van der Waals surface area contributed by atoms with Gasteiger partial charge < -0.3 is 10.0 Å². The molecule has 8 heteroatoms. The van der Waals surface area contributed by atoms with Crippen molar-refractivity contribution in [2.75, 3.05) is 6.54 Å². The lowest BCUT2D eigenvalue weighted by molar-refractivity contribution is -0.149. The van der Waals surface area contributed by atoms with Gasteiger partial charge in [0.05, 0.1) is 0 Å².